The molecule has 2 rings (SSSR count). The van der Waals surface area contributed by atoms with Crippen LogP contribution in [0.2, 0.25) is 0 Å². The Bertz CT molecular complexity index is 457. The summed E-state index contributed by atoms with van der Waals surface area (Å²) in [7, 11) is -3.39. The van der Waals surface area contributed by atoms with Crippen LogP contribution in [0.5, 0.6) is 0 Å². The molecule has 0 aromatic heterocycles. The van der Waals surface area contributed by atoms with Gasteiger partial charge in [-0.05, 0) is 25.7 Å². The van der Waals surface area contributed by atoms with E-state index in [4.69, 9.17) is 4.74 Å². The first-order chi connectivity index (χ1) is 9.42. The van der Waals surface area contributed by atoms with E-state index < -0.39 is 26.7 Å². The number of hydrogen-bond donors (Lipinski definition) is 1. The van der Waals surface area contributed by atoms with Crippen LogP contribution in [0.4, 0.5) is 0 Å². The van der Waals surface area contributed by atoms with Crippen LogP contribution in [0, 0.1) is 5.41 Å². The van der Waals surface area contributed by atoms with E-state index in [1.54, 1.807) is 0 Å². The molecule has 2 aliphatic rings. The minimum atomic E-state index is -3.39. The van der Waals surface area contributed by atoms with Crippen molar-refractivity contribution in [2.24, 2.45) is 5.41 Å². The average Bonchev–Trinajstić information content (AvgIpc) is 2.87. The Kier molecular flexibility index (Phi) is 4.71. The SMILES string of the molecule is CCCC1(C(=O)O)CCN(S(=O)(=O)C2CCOCC2)C1. The molecule has 6 nitrogen and oxygen atoms in total. The van der Waals surface area contributed by atoms with Gasteiger partial charge in [0.25, 0.3) is 0 Å². The molecule has 2 heterocycles. The van der Waals surface area contributed by atoms with Gasteiger partial charge in [0, 0.05) is 26.3 Å². The lowest BCUT2D eigenvalue weighted by molar-refractivity contribution is -0.148. The summed E-state index contributed by atoms with van der Waals surface area (Å²) in [5.41, 5.74) is -0.896. The average molecular weight is 305 g/mol. The molecular formula is C13H23NO5S. The van der Waals surface area contributed by atoms with Crippen LogP contribution in [-0.4, -0.2) is 55.4 Å². The molecule has 2 fully saturated rings. The zero-order valence-corrected chi connectivity index (χ0v) is 12.7. The van der Waals surface area contributed by atoms with Gasteiger partial charge in [0.05, 0.1) is 10.7 Å². The highest BCUT2D eigenvalue weighted by Crippen LogP contribution is 2.38. The minimum Gasteiger partial charge on any atom is -0.481 e. The van der Waals surface area contributed by atoms with Crippen molar-refractivity contribution in [3.8, 4) is 0 Å². The molecular weight excluding hydrogens is 282 g/mol. The second-order valence-corrected chi connectivity index (χ2v) is 7.99. The predicted molar refractivity (Wildman–Crippen MR) is 73.9 cm³/mol. The van der Waals surface area contributed by atoms with Gasteiger partial charge >= 0.3 is 5.97 Å². The Hall–Kier alpha value is -0.660. The van der Waals surface area contributed by atoms with Crippen LogP contribution >= 0.6 is 0 Å². The highest BCUT2D eigenvalue weighted by molar-refractivity contribution is 7.89. The van der Waals surface area contributed by atoms with Crippen molar-refractivity contribution in [2.75, 3.05) is 26.3 Å². The van der Waals surface area contributed by atoms with Crippen LogP contribution in [0.25, 0.3) is 0 Å². The summed E-state index contributed by atoms with van der Waals surface area (Å²) >= 11 is 0. The van der Waals surface area contributed by atoms with Gasteiger partial charge in [0.1, 0.15) is 0 Å². The molecule has 0 aromatic rings. The Morgan fingerprint density at radius 3 is 2.60 bits per heavy atom. The lowest BCUT2D eigenvalue weighted by Gasteiger charge is -2.28. The van der Waals surface area contributed by atoms with E-state index >= 15 is 0 Å². The van der Waals surface area contributed by atoms with Crippen molar-refractivity contribution in [1.29, 1.82) is 0 Å². The summed E-state index contributed by atoms with van der Waals surface area (Å²) in [5.74, 6) is -0.871. The summed E-state index contributed by atoms with van der Waals surface area (Å²) in [4.78, 5) is 11.5. The molecule has 0 spiro atoms. The molecule has 1 N–H and O–H groups in total. The molecule has 2 saturated heterocycles. The molecule has 2 aliphatic heterocycles. The van der Waals surface area contributed by atoms with Gasteiger partial charge in [-0.15, -0.1) is 0 Å². The smallest absolute Gasteiger partial charge is 0.311 e. The fourth-order valence-electron chi connectivity index (χ4n) is 3.20. The third-order valence-corrected chi connectivity index (χ3v) is 6.80. The Morgan fingerprint density at radius 1 is 1.40 bits per heavy atom. The number of ether oxygens (including phenoxy) is 1. The standard InChI is InChI=1S/C13H23NO5S/c1-2-5-13(12(15)16)6-7-14(10-13)20(17,18)11-3-8-19-9-4-11/h11H,2-10H2,1H3,(H,15,16). The first-order valence-electron chi connectivity index (χ1n) is 7.22. The van der Waals surface area contributed by atoms with Gasteiger partial charge in [-0.2, -0.15) is 0 Å². The van der Waals surface area contributed by atoms with E-state index in [0.717, 1.165) is 6.42 Å². The van der Waals surface area contributed by atoms with Gasteiger partial charge in [-0.1, -0.05) is 13.3 Å². The van der Waals surface area contributed by atoms with Gasteiger partial charge in [0.2, 0.25) is 10.0 Å². The maximum Gasteiger partial charge on any atom is 0.311 e. The fourth-order valence-corrected chi connectivity index (χ4v) is 5.18. The van der Waals surface area contributed by atoms with Gasteiger partial charge < -0.3 is 9.84 Å². The van der Waals surface area contributed by atoms with E-state index in [-0.39, 0.29) is 6.54 Å². The summed E-state index contributed by atoms with van der Waals surface area (Å²) in [6.07, 6.45) is 2.71. The minimum absolute atomic E-state index is 0.121. The summed E-state index contributed by atoms with van der Waals surface area (Å²) in [6.45, 7) is 3.32. The Labute approximate surface area is 120 Å². The van der Waals surface area contributed by atoms with Gasteiger partial charge in [0.15, 0.2) is 0 Å². The summed E-state index contributed by atoms with van der Waals surface area (Å²) < 4.78 is 31.8. The molecule has 1 unspecified atom stereocenters. The molecule has 0 saturated carbocycles. The maximum absolute atomic E-state index is 12.6. The van der Waals surface area contributed by atoms with E-state index in [0.29, 0.717) is 45.4 Å². The summed E-state index contributed by atoms with van der Waals surface area (Å²) in [6, 6.07) is 0. The molecule has 7 heteroatoms. The third-order valence-electron chi connectivity index (χ3n) is 4.45. The molecule has 0 aromatic carbocycles. The molecule has 0 aliphatic carbocycles. The van der Waals surface area contributed by atoms with E-state index in [9.17, 15) is 18.3 Å². The number of carboxylic acid groups (broad SMARTS) is 1. The fraction of sp³-hybridized carbons (Fsp3) is 0.923. The van der Waals surface area contributed by atoms with Crippen molar-refractivity contribution < 1.29 is 23.1 Å². The largest absolute Gasteiger partial charge is 0.481 e. The quantitative estimate of drug-likeness (QED) is 0.821. The van der Waals surface area contributed by atoms with E-state index in [1.165, 1.54) is 4.31 Å². The molecule has 0 bridgehead atoms. The third kappa shape index (κ3) is 2.84. The van der Waals surface area contributed by atoms with Crippen LogP contribution in [0.3, 0.4) is 0 Å². The number of carboxylic acids is 1. The Morgan fingerprint density at radius 2 is 2.05 bits per heavy atom. The normalized spacial score (nSPS) is 29.6. The molecule has 0 amide bonds. The van der Waals surface area contributed by atoms with Crippen LogP contribution in [-0.2, 0) is 19.6 Å². The number of nitrogens with zero attached hydrogens (tertiary/aromatic N) is 1. The van der Waals surface area contributed by atoms with E-state index in [1.807, 2.05) is 6.92 Å². The highest BCUT2D eigenvalue weighted by atomic mass is 32.2. The predicted octanol–water partition coefficient (Wildman–Crippen LogP) is 1.07. The van der Waals surface area contributed by atoms with Crippen molar-refractivity contribution in [1.82, 2.24) is 4.31 Å². The van der Waals surface area contributed by atoms with Crippen LogP contribution in [0.15, 0.2) is 0 Å². The molecule has 0 radical (unpaired) electrons. The first kappa shape index (κ1) is 15.7. The van der Waals surface area contributed by atoms with E-state index in [2.05, 4.69) is 0 Å². The summed E-state index contributed by atoms with van der Waals surface area (Å²) in [5, 5.41) is 9.03. The van der Waals surface area contributed by atoms with Gasteiger partial charge in [-0.3, -0.25) is 4.79 Å². The second-order valence-electron chi connectivity index (χ2n) is 5.78. The van der Waals surface area contributed by atoms with Crippen LogP contribution < -0.4 is 0 Å². The monoisotopic (exact) mass is 305 g/mol. The lowest BCUT2D eigenvalue weighted by Crippen LogP contribution is -2.42. The number of sulfonamides is 1. The van der Waals surface area contributed by atoms with Crippen molar-refractivity contribution in [3.63, 3.8) is 0 Å². The second kappa shape index (κ2) is 5.99. The molecule has 1 atom stereocenters. The first-order valence-corrected chi connectivity index (χ1v) is 8.73. The molecule has 20 heavy (non-hydrogen) atoms. The number of aliphatic carboxylic acids is 1. The number of rotatable bonds is 5. The molecule has 116 valence electrons. The Balaban J connectivity index is 2.12. The highest BCUT2D eigenvalue weighted by Gasteiger charge is 2.48. The maximum atomic E-state index is 12.6. The van der Waals surface area contributed by atoms with Crippen molar-refractivity contribution in [2.45, 2.75) is 44.3 Å². The van der Waals surface area contributed by atoms with Gasteiger partial charge in [-0.25, -0.2) is 12.7 Å². The zero-order chi connectivity index (χ0) is 14.8. The lowest BCUT2D eigenvalue weighted by atomic mass is 9.83. The van der Waals surface area contributed by atoms with Crippen LogP contribution in [0.1, 0.15) is 39.0 Å². The van der Waals surface area contributed by atoms with Crippen molar-refractivity contribution in [3.05, 3.63) is 0 Å². The topological polar surface area (TPSA) is 83.9 Å². The zero-order valence-electron chi connectivity index (χ0n) is 11.9. The number of hydrogen-bond acceptors (Lipinski definition) is 4. The number of carbonyl (C=O) groups is 1. The van der Waals surface area contributed by atoms with Crippen molar-refractivity contribution >= 4 is 16.0 Å².